The molecule has 2 nitrogen and oxygen atoms in total. The van der Waals surface area contributed by atoms with E-state index in [0.717, 1.165) is 18.4 Å². The zero-order valence-electron chi connectivity index (χ0n) is 14.8. The summed E-state index contributed by atoms with van der Waals surface area (Å²) in [7, 11) is 4.30. The Kier molecular flexibility index (Phi) is 5.32. The zero-order valence-corrected chi connectivity index (χ0v) is 14.8. The number of nitrogens with zero attached hydrogens (tertiary/aromatic N) is 1. The maximum atomic E-state index is 13.3. The lowest BCUT2D eigenvalue weighted by Crippen LogP contribution is -2.34. The fraction of sp³-hybridized carbons (Fsp3) is 0.429. The van der Waals surface area contributed by atoms with Crippen molar-refractivity contribution in [3.05, 3.63) is 70.5 Å². The molecule has 0 aliphatic heterocycles. The van der Waals surface area contributed by atoms with Crippen LogP contribution in [0.5, 0.6) is 0 Å². The monoisotopic (exact) mass is 327 g/mol. The summed E-state index contributed by atoms with van der Waals surface area (Å²) in [5.41, 5.74) is 5.08. The summed E-state index contributed by atoms with van der Waals surface area (Å²) in [4.78, 5) is 2.31. The van der Waals surface area contributed by atoms with E-state index in [1.807, 2.05) is 19.1 Å². The number of halogens is 1. The minimum atomic E-state index is -0.211. The molecule has 3 rings (SSSR count). The molecule has 1 unspecified atom stereocenters. The van der Waals surface area contributed by atoms with Gasteiger partial charge in [0.25, 0.3) is 0 Å². The summed E-state index contributed by atoms with van der Waals surface area (Å²) in [5.74, 6) is -0.211. The van der Waals surface area contributed by atoms with Gasteiger partial charge in [-0.3, -0.25) is 0 Å². The van der Waals surface area contributed by atoms with Crippen LogP contribution in [0.3, 0.4) is 0 Å². The number of ether oxygens (including phenoxy) is 1. The molecule has 0 saturated heterocycles. The van der Waals surface area contributed by atoms with Crippen molar-refractivity contribution in [3.63, 3.8) is 0 Å². The lowest BCUT2D eigenvalue weighted by Gasteiger charge is -2.32. The molecule has 0 amide bonds. The third-order valence-electron chi connectivity index (χ3n) is 5.01. The molecule has 1 aliphatic carbocycles. The molecule has 1 aliphatic rings. The fourth-order valence-corrected chi connectivity index (χ4v) is 3.65. The van der Waals surface area contributed by atoms with E-state index >= 15 is 0 Å². The molecule has 0 N–H and O–H groups in total. The normalized spacial score (nSPS) is 18.5. The van der Waals surface area contributed by atoms with Gasteiger partial charge in [0.05, 0.1) is 0 Å². The molecule has 0 aromatic heterocycles. The molecule has 0 heterocycles. The Bertz CT molecular complexity index is 681. The third-order valence-corrected chi connectivity index (χ3v) is 5.01. The summed E-state index contributed by atoms with van der Waals surface area (Å²) in [6.45, 7) is 2.64. The highest BCUT2D eigenvalue weighted by Crippen LogP contribution is 2.34. The molecule has 2 aromatic carbocycles. The van der Waals surface area contributed by atoms with Gasteiger partial charge in [-0.25, -0.2) is 4.39 Å². The number of likely N-dealkylation sites (N-methyl/N-ethyl adjacent to an activating group) is 1. The molecule has 24 heavy (non-hydrogen) atoms. The summed E-state index contributed by atoms with van der Waals surface area (Å²) in [6.07, 6.45) is 3.21. The molecular weight excluding hydrogens is 301 g/mol. The Morgan fingerprint density at radius 1 is 1.17 bits per heavy atom. The van der Waals surface area contributed by atoms with E-state index in [-0.39, 0.29) is 11.9 Å². The van der Waals surface area contributed by atoms with Gasteiger partial charge in [0.2, 0.25) is 0 Å². The van der Waals surface area contributed by atoms with Crippen LogP contribution < -0.4 is 0 Å². The van der Waals surface area contributed by atoms with Gasteiger partial charge in [0, 0.05) is 12.6 Å². The Balaban J connectivity index is 2.01. The van der Waals surface area contributed by atoms with Gasteiger partial charge in [-0.05, 0) is 74.7 Å². The van der Waals surface area contributed by atoms with Crippen LogP contribution >= 0.6 is 0 Å². The van der Waals surface area contributed by atoms with Crippen molar-refractivity contribution in [1.82, 2.24) is 4.90 Å². The molecule has 2 aromatic rings. The predicted molar refractivity (Wildman–Crippen MR) is 95.8 cm³/mol. The number of hydrogen-bond acceptors (Lipinski definition) is 2. The highest BCUT2D eigenvalue weighted by molar-refractivity contribution is 5.43. The smallest absolute Gasteiger partial charge is 0.123 e. The van der Waals surface area contributed by atoms with Crippen LogP contribution in [0.15, 0.2) is 42.5 Å². The van der Waals surface area contributed by atoms with E-state index < -0.39 is 0 Å². The summed E-state index contributed by atoms with van der Waals surface area (Å²) in [5, 5.41) is 0. The van der Waals surface area contributed by atoms with Crippen LogP contribution in [0.25, 0.3) is 0 Å². The zero-order chi connectivity index (χ0) is 17.1. The topological polar surface area (TPSA) is 12.5 Å². The minimum Gasteiger partial charge on any atom is -0.369 e. The Hall–Kier alpha value is -1.71. The second-order valence-electron chi connectivity index (χ2n) is 6.73. The van der Waals surface area contributed by atoms with Crippen LogP contribution in [-0.4, -0.2) is 31.6 Å². The maximum absolute atomic E-state index is 13.3. The van der Waals surface area contributed by atoms with E-state index in [1.54, 1.807) is 0 Å². The Labute approximate surface area is 144 Å². The third kappa shape index (κ3) is 3.52. The largest absolute Gasteiger partial charge is 0.369 e. The number of fused-ring (bicyclic) bond motifs is 1. The average molecular weight is 327 g/mol. The van der Waals surface area contributed by atoms with Gasteiger partial charge >= 0.3 is 0 Å². The SMILES string of the molecule is CCO[C@H](c1ccc(F)cc1)c1cccc2c1CC(N(C)C)CC2. The summed E-state index contributed by atoms with van der Waals surface area (Å²) < 4.78 is 19.4. The first-order valence-electron chi connectivity index (χ1n) is 8.74. The average Bonchev–Trinajstić information content (AvgIpc) is 2.60. The van der Waals surface area contributed by atoms with Crippen molar-refractivity contribution in [1.29, 1.82) is 0 Å². The van der Waals surface area contributed by atoms with Crippen molar-refractivity contribution in [2.45, 2.75) is 38.3 Å². The molecule has 0 spiro atoms. The van der Waals surface area contributed by atoms with Gasteiger partial charge < -0.3 is 9.64 Å². The van der Waals surface area contributed by atoms with Crippen molar-refractivity contribution >= 4 is 0 Å². The van der Waals surface area contributed by atoms with Gasteiger partial charge in [0.15, 0.2) is 0 Å². The highest BCUT2D eigenvalue weighted by Gasteiger charge is 2.26. The standard InChI is InChI=1S/C21H26FNO/c1-4-24-21(16-8-11-17(22)12-9-16)19-7-5-6-15-10-13-18(23(2)3)14-20(15)19/h5-9,11-12,18,21H,4,10,13-14H2,1-3H3/t18?,21-/m1/s1. The predicted octanol–water partition coefficient (Wildman–Crippen LogP) is 4.37. The summed E-state index contributed by atoms with van der Waals surface area (Å²) in [6, 6.07) is 13.8. The number of aryl methyl sites for hydroxylation is 1. The highest BCUT2D eigenvalue weighted by atomic mass is 19.1. The second kappa shape index (κ2) is 7.45. The number of rotatable bonds is 5. The quantitative estimate of drug-likeness (QED) is 0.808. The van der Waals surface area contributed by atoms with E-state index in [0.29, 0.717) is 12.6 Å². The van der Waals surface area contributed by atoms with Gasteiger partial charge in [-0.2, -0.15) is 0 Å². The van der Waals surface area contributed by atoms with E-state index in [9.17, 15) is 4.39 Å². The van der Waals surface area contributed by atoms with Crippen molar-refractivity contribution in [2.24, 2.45) is 0 Å². The van der Waals surface area contributed by atoms with Crippen LogP contribution in [0, 0.1) is 5.82 Å². The molecule has 2 atom stereocenters. The number of benzene rings is 2. The first-order valence-corrected chi connectivity index (χ1v) is 8.74. The van der Waals surface area contributed by atoms with Crippen molar-refractivity contribution in [2.75, 3.05) is 20.7 Å². The van der Waals surface area contributed by atoms with Crippen molar-refractivity contribution in [3.8, 4) is 0 Å². The van der Waals surface area contributed by atoms with Crippen LogP contribution in [0.2, 0.25) is 0 Å². The van der Waals surface area contributed by atoms with Gasteiger partial charge in [0.1, 0.15) is 11.9 Å². The molecule has 3 heteroatoms. The van der Waals surface area contributed by atoms with Crippen LogP contribution in [0.4, 0.5) is 4.39 Å². The maximum Gasteiger partial charge on any atom is 0.123 e. The summed E-state index contributed by atoms with van der Waals surface area (Å²) >= 11 is 0. The van der Waals surface area contributed by atoms with Gasteiger partial charge in [-0.1, -0.05) is 30.3 Å². The second-order valence-corrected chi connectivity index (χ2v) is 6.73. The molecule has 0 saturated carbocycles. The molecule has 128 valence electrons. The fourth-order valence-electron chi connectivity index (χ4n) is 3.65. The molecule has 0 fully saturated rings. The molecule has 0 bridgehead atoms. The van der Waals surface area contributed by atoms with Gasteiger partial charge in [-0.15, -0.1) is 0 Å². The van der Waals surface area contributed by atoms with Crippen molar-refractivity contribution < 1.29 is 9.13 Å². The molecule has 0 radical (unpaired) electrons. The Morgan fingerprint density at radius 2 is 1.92 bits per heavy atom. The van der Waals surface area contributed by atoms with E-state index in [4.69, 9.17) is 4.74 Å². The first kappa shape index (κ1) is 17.1. The number of hydrogen-bond donors (Lipinski definition) is 0. The first-order chi connectivity index (χ1) is 11.6. The minimum absolute atomic E-state index is 0.133. The van der Waals surface area contributed by atoms with Crippen LogP contribution in [-0.2, 0) is 17.6 Å². The van der Waals surface area contributed by atoms with E-state index in [2.05, 4.69) is 37.2 Å². The van der Waals surface area contributed by atoms with Crippen LogP contribution in [0.1, 0.15) is 41.7 Å². The lowest BCUT2D eigenvalue weighted by atomic mass is 9.82. The van der Waals surface area contributed by atoms with E-state index in [1.165, 1.54) is 35.2 Å². The molecular formula is C21H26FNO. The Morgan fingerprint density at radius 3 is 2.58 bits per heavy atom. The lowest BCUT2D eigenvalue weighted by molar-refractivity contribution is 0.0901.